The van der Waals surface area contributed by atoms with E-state index in [9.17, 15) is 0 Å². The van der Waals surface area contributed by atoms with Crippen molar-refractivity contribution < 1.29 is 4.74 Å². The van der Waals surface area contributed by atoms with E-state index in [2.05, 4.69) is 58.4 Å². The normalized spacial score (nSPS) is 21.6. The monoisotopic (exact) mass is 351 g/mol. The number of methoxy groups -OCH3 is 1. The molecule has 138 valence electrons. The number of ether oxygens (including phenoxy) is 1. The molecule has 4 nitrogen and oxygen atoms in total. The Kier molecular flexibility index (Phi) is 5.02. The van der Waals surface area contributed by atoms with Crippen LogP contribution in [-0.4, -0.2) is 50.3 Å². The van der Waals surface area contributed by atoms with Crippen molar-refractivity contribution in [3.8, 4) is 5.75 Å². The average Bonchev–Trinajstić information content (AvgIpc) is 2.73. The molecule has 26 heavy (non-hydrogen) atoms. The summed E-state index contributed by atoms with van der Waals surface area (Å²) in [6.07, 6.45) is 2.40. The molecule has 2 aromatic carbocycles. The molecular formula is C22H29N3O. The fourth-order valence-corrected chi connectivity index (χ4v) is 4.26. The van der Waals surface area contributed by atoms with Crippen molar-refractivity contribution >= 4 is 11.4 Å². The standard InChI is InChI=1S/C22H29N3O/c1-17(21-12-7-18-5-3-4-6-22(18)23-21)24-13-15-25(16-14-24)19-8-10-20(26-2)11-9-19/h3-6,8-11,17,21,23H,7,12-16H2,1-2H3. The van der Waals surface area contributed by atoms with E-state index in [0.717, 1.165) is 31.9 Å². The predicted molar refractivity (Wildman–Crippen MR) is 108 cm³/mol. The van der Waals surface area contributed by atoms with Crippen LogP contribution in [0.5, 0.6) is 5.75 Å². The Bertz CT molecular complexity index is 722. The largest absolute Gasteiger partial charge is 0.497 e. The van der Waals surface area contributed by atoms with Gasteiger partial charge in [0, 0.05) is 49.6 Å². The van der Waals surface area contributed by atoms with Gasteiger partial charge in [0.15, 0.2) is 0 Å². The molecule has 0 bridgehead atoms. The first-order valence-corrected chi connectivity index (χ1v) is 9.72. The zero-order valence-electron chi connectivity index (χ0n) is 15.8. The molecule has 4 heteroatoms. The van der Waals surface area contributed by atoms with Gasteiger partial charge in [-0.3, -0.25) is 4.90 Å². The van der Waals surface area contributed by atoms with Gasteiger partial charge < -0.3 is 15.0 Å². The van der Waals surface area contributed by atoms with Crippen molar-refractivity contribution in [3.63, 3.8) is 0 Å². The first-order valence-electron chi connectivity index (χ1n) is 9.72. The van der Waals surface area contributed by atoms with Crippen molar-refractivity contribution in [3.05, 3.63) is 54.1 Å². The molecular weight excluding hydrogens is 322 g/mol. The van der Waals surface area contributed by atoms with E-state index in [1.165, 1.54) is 29.8 Å². The maximum absolute atomic E-state index is 5.26. The number of nitrogens with one attached hydrogen (secondary N) is 1. The topological polar surface area (TPSA) is 27.7 Å². The minimum atomic E-state index is 0.539. The maximum Gasteiger partial charge on any atom is 0.119 e. The fourth-order valence-electron chi connectivity index (χ4n) is 4.26. The second-order valence-electron chi connectivity index (χ2n) is 7.41. The molecule has 2 aromatic rings. The van der Waals surface area contributed by atoms with Crippen LogP contribution in [0.2, 0.25) is 0 Å². The molecule has 0 amide bonds. The lowest BCUT2D eigenvalue weighted by Gasteiger charge is -2.43. The summed E-state index contributed by atoms with van der Waals surface area (Å²) in [4.78, 5) is 5.12. The molecule has 2 atom stereocenters. The third-order valence-electron chi connectivity index (χ3n) is 5.99. The van der Waals surface area contributed by atoms with Crippen LogP contribution in [0.25, 0.3) is 0 Å². The van der Waals surface area contributed by atoms with Gasteiger partial charge in [-0.05, 0) is 55.7 Å². The summed E-state index contributed by atoms with van der Waals surface area (Å²) in [5.41, 5.74) is 4.08. The van der Waals surface area contributed by atoms with Crippen LogP contribution in [0.1, 0.15) is 18.9 Å². The SMILES string of the molecule is COc1ccc(N2CCN(C(C)C3CCc4ccccc4N3)CC2)cc1. The first-order chi connectivity index (χ1) is 12.7. The molecule has 2 aliphatic heterocycles. The van der Waals surface area contributed by atoms with Gasteiger partial charge >= 0.3 is 0 Å². The highest BCUT2D eigenvalue weighted by Crippen LogP contribution is 2.28. The summed E-state index contributed by atoms with van der Waals surface area (Å²) in [6.45, 7) is 6.79. The zero-order valence-corrected chi connectivity index (χ0v) is 15.8. The van der Waals surface area contributed by atoms with Gasteiger partial charge in [0.05, 0.1) is 7.11 Å². The number of nitrogens with zero attached hydrogens (tertiary/aromatic N) is 2. The Hall–Kier alpha value is -2.20. The summed E-state index contributed by atoms with van der Waals surface area (Å²) in [6, 6.07) is 18.3. The quantitative estimate of drug-likeness (QED) is 0.910. The highest BCUT2D eigenvalue weighted by Gasteiger charge is 2.29. The van der Waals surface area contributed by atoms with Crippen LogP contribution >= 0.6 is 0 Å². The second kappa shape index (κ2) is 7.58. The molecule has 0 aromatic heterocycles. The van der Waals surface area contributed by atoms with Gasteiger partial charge in [-0.15, -0.1) is 0 Å². The lowest BCUT2D eigenvalue weighted by Crippen LogP contribution is -2.54. The molecule has 2 aliphatic rings. The van der Waals surface area contributed by atoms with Crippen molar-refractivity contribution in [2.45, 2.75) is 31.8 Å². The van der Waals surface area contributed by atoms with E-state index in [1.54, 1.807) is 7.11 Å². The Morgan fingerprint density at radius 1 is 1.00 bits per heavy atom. The van der Waals surface area contributed by atoms with Crippen LogP contribution in [-0.2, 0) is 6.42 Å². The van der Waals surface area contributed by atoms with E-state index in [0.29, 0.717) is 12.1 Å². The maximum atomic E-state index is 5.26. The number of hydrogen-bond donors (Lipinski definition) is 1. The molecule has 0 saturated carbocycles. The smallest absolute Gasteiger partial charge is 0.119 e. The molecule has 4 rings (SSSR count). The number of anilines is 2. The summed E-state index contributed by atoms with van der Waals surface area (Å²) >= 11 is 0. The van der Waals surface area contributed by atoms with Crippen LogP contribution in [0, 0.1) is 0 Å². The molecule has 0 spiro atoms. The minimum absolute atomic E-state index is 0.539. The predicted octanol–water partition coefficient (Wildman–Crippen LogP) is 3.63. The van der Waals surface area contributed by atoms with E-state index in [-0.39, 0.29) is 0 Å². The van der Waals surface area contributed by atoms with Gasteiger partial charge in [-0.25, -0.2) is 0 Å². The molecule has 0 radical (unpaired) electrons. The number of aryl methyl sites for hydroxylation is 1. The van der Waals surface area contributed by atoms with Crippen molar-refractivity contribution in [1.82, 2.24) is 4.90 Å². The molecule has 1 N–H and O–H groups in total. The lowest BCUT2D eigenvalue weighted by molar-refractivity contribution is 0.175. The van der Waals surface area contributed by atoms with Crippen LogP contribution in [0.4, 0.5) is 11.4 Å². The van der Waals surface area contributed by atoms with E-state index < -0.39 is 0 Å². The number of hydrogen-bond acceptors (Lipinski definition) is 4. The minimum Gasteiger partial charge on any atom is -0.497 e. The Morgan fingerprint density at radius 3 is 2.46 bits per heavy atom. The summed E-state index contributed by atoms with van der Waals surface area (Å²) in [7, 11) is 1.72. The molecule has 1 fully saturated rings. The van der Waals surface area contributed by atoms with E-state index >= 15 is 0 Å². The van der Waals surface area contributed by atoms with Gasteiger partial charge in [-0.2, -0.15) is 0 Å². The summed E-state index contributed by atoms with van der Waals surface area (Å²) in [5, 5.41) is 3.78. The number of fused-ring (bicyclic) bond motifs is 1. The molecule has 2 unspecified atom stereocenters. The van der Waals surface area contributed by atoms with Crippen molar-refractivity contribution in [2.75, 3.05) is 43.5 Å². The van der Waals surface area contributed by atoms with Crippen molar-refractivity contribution in [1.29, 1.82) is 0 Å². The highest BCUT2D eigenvalue weighted by molar-refractivity contribution is 5.54. The van der Waals surface area contributed by atoms with Crippen molar-refractivity contribution in [2.24, 2.45) is 0 Å². The third-order valence-corrected chi connectivity index (χ3v) is 5.99. The first kappa shape index (κ1) is 17.2. The van der Waals surface area contributed by atoms with Crippen LogP contribution in [0.15, 0.2) is 48.5 Å². The number of para-hydroxylation sites is 1. The molecule has 0 aliphatic carbocycles. The zero-order chi connectivity index (χ0) is 17.9. The van der Waals surface area contributed by atoms with E-state index in [4.69, 9.17) is 4.74 Å². The van der Waals surface area contributed by atoms with E-state index in [1.807, 2.05) is 12.1 Å². The summed E-state index contributed by atoms with van der Waals surface area (Å²) in [5.74, 6) is 0.921. The lowest BCUT2D eigenvalue weighted by atomic mass is 9.93. The van der Waals surface area contributed by atoms with Crippen LogP contribution in [0.3, 0.4) is 0 Å². The summed E-state index contributed by atoms with van der Waals surface area (Å²) < 4.78 is 5.26. The van der Waals surface area contributed by atoms with Crippen LogP contribution < -0.4 is 15.0 Å². The van der Waals surface area contributed by atoms with Gasteiger partial charge in [-0.1, -0.05) is 18.2 Å². The van der Waals surface area contributed by atoms with Gasteiger partial charge in [0.2, 0.25) is 0 Å². The number of piperazine rings is 1. The van der Waals surface area contributed by atoms with Gasteiger partial charge in [0.25, 0.3) is 0 Å². The average molecular weight is 351 g/mol. The Labute approximate surface area is 156 Å². The highest BCUT2D eigenvalue weighted by atomic mass is 16.5. The Balaban J connectivity index is 1.34. The fraction of sp³-hybridized carbons (Fsp3) is 0.455. The molecule has 1 saturated heterocycles. The number of rotatable bonds is 4. The van der Waals surface area contributed by atoms with Gasteiger partial charge in [0.1, 0.15) is 5.75 Å². The Morgan fingerprint density at radius 2 is 1.73 bits per heavy atom. The molecule has 2 heterocycles. The number of benzene rings is 2. The second-order valence-corrected chi connectivity index (χ2v) is 7.41. The third kappa shape index (κ3) is 3.51.